The average molecular weight is 349 g/mol. The van der Waals surface area contributed by atoms with Crippen LogP contribution in [0.5, 0.6) is 0 Å². The van der Waals surface area contributed by atoms with Gasteiger partial charge in [-0.05, 0) is 28.9 Å². The standard InChI is InChI=1S/C9H9BrN4O2S2/c1-5-12-4-8(17-5)18(15,16)14-9-7(10)2-6(11)3-13-9/h2-4H,11H2,1H3,(H,13,14). The first kappa shape index (κ1) is 13.2. The molecule has 2 aromatic heterocycles. The summed E-state index contributed by atoms with van der Waals surface area (Å²) in [5.41, 5.74) is 5.97. The molecule has 2 rings (SSSR count). The third-order valence-corrected chi connectivity index (χ3v) is 5.28. The third-order valence-electron chi connectivity index (χ3n) is 1.96. The van der Waals surface area contributed by atoms with E-state index in [2.05, 4.69) is 30.6 Å². The van der Waals surface area contributed by atoms with E-state index in [0.29, 0.717) is 15.2 Å². The van der Waals surface area contributed by atoms with E-state index in [-0.39, 0.29) is 10.0 Å². The Bertz CT molecular complexity index is 684. The predicted molar refractivity (Wildman–Crippen MR) is 74.0 cm³/mol. The van der Waals surface area contributed by atoms with Gasteiger partial charge >= 0.3 is 0 Å². The van der Waals surface area contributed by atoms with Crippen LogP contribution >= 0.6 is 27.3 Å². The molecule has 0 aliphatic heterocycles. The monoisotopic (exact) mass is 348 g/mol. The van der Waals surface area contributed by atoms with E-state index >= 15 is 0 Å². The van der Waals surface area contributed by atoms with Crippen LogP contribution in [0.4, 0.5) is 11.5 Å². The number of anilines is 2. The number of hydrogen-bond donors (Lipinski definition) is 2. The summed E-state index contributed by atoms with van der Waals surface area (Å²) in [6.45, 7) is 1.74. The van der Waals surface area contributed by atoms with Crippen LogP contribution in [0.3, 0.4) is 0 Å². The number of nitrogens with one attached hydrogen (secondary N) is 1. The van der Waals surface area contributed by atoms with Crippen LogP contribution in [0.1, 0.15) is 5.01 Å². The molecule has 2 aromatic rings. The van der Waals surface area contributed by atoms with E-state index < -0.39 is 10.0 Å². The number of aryl methyl sites for hydroxylation is 1. The SMILES string of the molecule is Cc1ncc(S(=O)(=O)Nc2ncc(N)cc2Br)s1. The molecule has 96 valence electrons. The highest BCUT2D eigenvalue weighted by atomic mass is 79.9. The van der Waals surface area contributed by atoms with Crippen LogP contribution < -0.4 is 10.5 Å². The fourth-order valence-corrected chi connectivity index (χ4v) is 3.91. The van der Waals surface area contributed by atoms with Gasteiger partial charge in [0, 0.05) is 0 Å². The number of hydrogen-bond acceptors (Lipinski definition) is 6. The maximum atomic E-state index is 12.0. The van der Waals surface area contributed by atoms with Crippen molar-refractivity contribution in [1.29, 1.82) is 0 Å². The Morgan fingerprint density at radius 1 is 1.39 bits per heavy atom. The first-order valence-electron chi connectivity index (χ1n) is 4.75. The van der Waals surface area contributed by atoms with Crippen molar-refractivity contribution in [3.63, 3.8) is 0 Å². The van der Waals surface area contributed by atoms with Gasteiger partial charge in [-0.3, -0.25) is 4.72 Å². The number of rotatable bonds is 3. The largest absolute Gasteiger partial charge is 0.397 e. The smallest absolute Gasteiger partial charge is 0.274 e. The zero-order chi connectivity index (χ0) is 13.3. The first-order chi connectivity index (χ1) is 8.38. The van der Waals surface area contributed by atoms with Crippen molar-refractivity contribution in [2.75, 3.05) is 10.5 Å². The molecule has 2 heterocycles. The van der Waals surface area contributed by atoms with Gasteiger partial charge in [0.25, 0.3) is 10.0 Å². The van der Waals surface area contributed by atoms with E-state index in [0.717, 1.165) is 11.3 Å². The molecule has 0 amide bonds. The van der Waals surface area contributed by atoms with Crippen LogP contribution in [0.25, 0.3) is 0 Å². The summed E-state index contributed by atoms with van der Waals surface area (Å²) in [6.07, 6.45) is 2.69. The molecular formula is C9H9BrN4O2S2. The van der Waals surface area contributed by atoms with Crippen LogP contribution in [0.2, 0.25) is 0 Å². The lowest BCUT2D eigenvalue weighted by atomic mass is 10.4. The Kier molecular flexibility index (Phi) is 3.55. The number of aromatic nitrogens is 2. The summed E-state index contributed by atoms with van der Waals surface area (Å²) in [5.74, 6) is 0.190. The normalized spacial score (nSPS) is 11.4. The van der Waals surface area contributed by atoms with Crippen molar-refractivity contribution >= 4 is 48.8 Å². The summed E-state index contributed by atoms with van der Waals surface area (Å²) in [6, 6.07) is 1.57. The number of sulfonamides is 1. The minimum atomic E-state index is -3.66. The van der Waals surface area contributed by atoms with Crippen molar-refractivity contribution in [1.82, 2.24) is 9.97 Å². The maximum absolute atomic E-state index is 12.0. The number of pyridine rings is 1. The molecule has 0 saturated carbocycles. The van der Waals surface area contributed by atoms with Gasteiger partial charge in [0.2, 0.25) is 0 Å². The third kappa shape index (κ3) is 2.79. The molecule has 0 fully saturated rings. The molecule has 0 radical (unpaired) electrons. The second kappa shape index (κ2) is 4.82. The highest BCUT2D eigenvalue weighted by Crippen LogP contribution is 2.26. The van der Waals surface area contributed by atoms with Gasteiger partial charge in [0.05, 0.1) is 27.6 Å². The maximum Gasteiger partial charge on any atom is 0.274 e. The molecule has 0 saturated heterocycles. The molecule has 0 atom stereocenters. The van der Waals surface area contributed by atoms with Gasteiger partial charge in [-0.15, -0.1) is 11.3 Å². The highest BCUT2D eigenvalue weighted by Gasteiger charge is 2.19. The number of thiazole rings is 1. The van der Waals surface area contributed by atoms with Crippen molar-refractivity contribution in [2.24, 2.45) is 0 Å². The van der Waals surface area contributed by atoms with Crippen LogP contribution in [-0.2, 0) is 10.0 Å². The molecular weight excluding hydrogens is 340 g/mol. The number of nitrogens with two attached hydrogens (primary N) is 1. The Labute approximate surface area is 116 Å². The molecule has 0 aliphatic rings. The Balaban J connectivity index is 2.33. The lowest BCUT2D eigenvalue weighted by Crippen LogP contribution is -2.13. The van der Waals surface area contributed by atoms with Crippen molar-refractivity contribution < 1.29 is 8.42 Å². The second-order valence-electron chi connectivity index (χ2n) is 3.40. The van der Waals surface area contributed by atoms with E-state index in [1.165, 1.54) is 12.4 Å². The zero-order valence-corrected chi connectivity index (χ0v) is 12.4. The Morgan fingerprint density at radius 3 is 2.67 bits per heavy atom. The molecule has 0 aliphatic carbocycles. The summed E-state index contributed by atoms with van der Waals surface area (Å²) >= 11 is 4.29. The van der Waals surface area contributed by atoms with Crippen LogP contribution in [0, 0.1) is 6.92 Å². The molecule has 6 nitrogen and oxygen atoms in total. The Hall–Kier alpha value is -1.19. The van der Waals surface area contributed by atoms with Gasteiger partial charge in [0.15, 0.2) is 10.0 Å². The van der Waals surface area contributed by atoms with E-state index in [9.17, 15) is 8.42 Å². The Morgan fingerprint density at radius 2 is 2.11 bits per heavy atom. The summed E-state index contributed by atoms with van der Waals surface area (Å²) in [4.78, 5) is 7.83. The van der Waals surface area contributed by atoms with Crippen molar-refractivity contribution in [2.45, 2.75) is 11.1 Å². The minimum absolute atomic E-state index is 0.144. The topological polar surface area (TPSA) is 98.0 Å². The first-order valence-corrected chi connectivity index (χ1v) is 7.84. The highest BCUT2D eigenvalue weighted by molar-refractivity contribution is 9.10. The molecule has 9 heteroatoms. The fraction of sp³-hybridized carbons (Fsp3) is 0.111. The lowest BCUT2D eigenvalue weighted by molar-refractivity contribution is 0.602. The van der Waals surface area contributed by atoms with Gasteiger partial charge in [-0.2, -0.15) is 0 Å². The van der Waals surface area contributed by atoms with Crippen molar-refractivity contribution in [3.05, 3.63) is 27.9 Å². The summed E-state index contributed by atoms with van der Waals surface area (Å²) < 4.78 is 27.0. The summed E-state index contributed by atoms with van der Waals surface area (Å²) in [5, 5.41) is 0.680. The molecule has 0 aromatic carbocycles. The molecule has 3 N–H and O–H groups in total. The van der Waals surface area contributed by atoms with Crippen LogP contribution in [-0.4, -0.2) is 18.4 Å². The van der Waals surface area contributed by atoms with E-state index in [1.54, 1.807) is 13.0 Å². The predicted octanol–water partition coefficient (Wildman–Crippen LogP) is 1.99. The van der Waals surface area contributed by atoms with Gasteiger partial charge in [0.1, 0.15) is 0 Å². The average Bonchev–Trinajstić information content (AvgIpc) is 2.70. The fourth-order valence-electron chi connectivity index (χ4n) is 1.17. The zero-order valence-electron chi connectivity index (χ0n) is 9.21. The summed E-state index contributed by atoms with van der Waals surface area (Å²) in [7, 11) is -3.66. The van der Waals surface area contributed by atoms with Crippen LogP contribution in [0.15, 0.2) is 27.1 Å². The molecule has 0 spiro atoms. The molecule has 18 heavy (non-hydrogen) atoms. The molecule has 0 unspecified atom stereocenters. The van der Waals surface area contributed by atoms with Gasteiger partial charge in [-0.1, -0.05) is 0 Å². The van der Waals surface area contributed by atoms with E-state index in [1.807, 2.05) is 0 Å². The van der Waals surface area contributed by atoms with Gasteiger partial charge in [-0.25, -0.2) is 18.4 Å². The quantitative estimate of drug-likeness (QED) is 0.883. The number of nitrogen functional groups attached to an aromatic ring is 1. The number of nitrogens with zero attached hydrogens (tertiary/aromatic N) is 2. The second-order valence-corrected chi connectivity index (χ2v) is 7.40. The van der Waals surface area contributed by atoms with Gasteiger partial charge < -0.3 is 5.73 Å². The molecule has 0 bridgehead atoms. The minimum Gasteiger partial charge on any atom is -0.397 e. The van der Waals surface area contributed by atoms with Crippen molar-refractivity contribution in [3.8, 4) is 0 Å². The lowest BCUT2D eigenvalue weighted by Gasteiger charge is -2.07. The number of halogens is 1. The van der Waals surface area contributed by atoms with E-state index in [4.69, 9.17) is 5.73 Å².